The Hall–Kier alpha value is -1.90. The highest BCUT2D eigenvalue weighted by molar-refractivity contribution is 6.06. The molecule has 22 heavy (non-hydrogen) atoms. The van der Waals surface area contributed by atoms with Crippen molar-refractivity contribution in [2.45, 2.75) is 12.8 Å². The Bertz CT molecular complexity index is 644. The molecule has 4 aliphatic carbocycles. The standard InChI is InChI=1S/C19H19NO2/c21-18-16-12-6-7-13(15-10-14(12)15)17(16)19(22)20(18)9-8-11-4-2-1-3-5-11/h1-7,12-17H,8-10H2/t12-,13+,14-,15+,16+,17-. The lowest BCUT2D eigenvalue weighted by atomic mass is 9.63. The molecule has 5 aliphatic rings. The molecule has 1 heterocycles. The maximum absolute atomic E-state index is 12.8. The van der Waals surface area contributed by atoms with Crippen LogP contribution in [0, 0.1) is 35.5 Å². The van der Waals surface area contributed by atoms with E-state index in [0.29, 0.717) is 30.2 Å². The molecule has 2 bridgehead atoms. The molecule has 0 N–H and O–H groups in total. The SMILES string of the molecule is O=C1[C@@H]2[C@H]3C=C[C@H]([C@H]4C[C@@H]34)[C@@H]2C(=O)N1CCc1ccccc1. The molecule has 0 aromatic heterocycles. The number of rotatable bonds is 3. The summed E-state index contributed by atoms with van der Waals surface area (Å²) in [5.74, 6) is 2.11. The largest absolute Gasteiger partial charge is 0.282 e. The fraction of sp³-hybridized carbons (Fsp3) is 0.474. The zero-order chi connectivity index (χ0) is 14.8. The zero-order valence-electron chi connectivity index (χ0n) is 12.4. The fourth-order valence-corrected chi connectivity index (χ4v) is 5.12. The summed E-state index contributed by atoms with van der Waals surface area (Å²) >= 11 is 0. The molecule has 112 valence electrons. The Balaban J connectivity index is 1.38. The van der Waals surface area contributed by atoms with Crippen LogP contribution in [0.2, 0.25) is 0 Å². The second-order valence-corrected chi connectivity index (χ2v) is 7.22. The lowest BCUT2D eigenvalue weighted by Gasteiger charge is -2.37. The van der Waals surface area contributed by atoms with E-state index in [1.807, 2.05) is 18.2 Å². The predicted octanol–water partition coefficient (Wildman–Crippen LogP) is 2.28. The third-order valence-corrected chi connectivity index (χ3v) is 6.22. The summed E-state index contributed by atoms with van der Waals surface area (Å²) in [6.07, 6.45) is 6.44. The summed E-state index contributed by atoms with van der Waals surface area (Å²) < 4.78 is 0. The predicted molar refractivity (Wildman–Crippen MR) is 81.6 cm³/mol. The van der Waals surface area contributed by atoms with Gasteiger partial charge in [-0.2, -0.15) is 0 Å². The van der Waals surface area contributed by atoms with Crippen molar-refractivity contribution in [3.8, 4) is 0 Å². The van der Waals surface area contributed by atoms with E-state index < -0.39 is 0 Å². The van der Waals surface area contributed by atoms with Gasteiger partial charge in [-0.25, -0.2) is 0 Å². The number of allylic oxidation sites excluding steroid dienone is 2. The Morgan fingerprint density at radius 3 is 2.09 bits per heavy atom. The summed E-state index contributed by atoms with van der Waals surface area (Å²) in [6.45, 7) is 0.531. The van der Waals surface area contributed by atoms with Crippen LogP contribution < -0.4 is 0 Å². The van der Waals surface area contributed by atoms with Gasteiger partial charge in [0.2, 0.25) is 11.8 Å². The van der Waals surface area contributed by atoms with Crippen molar-refractivity contribution in [1.29, 1.82) is 0 Å². The van der Waals surface area contributed by atoms with E-state index >= 15 is 0 Å². The molecule has 1 aliphatic heterocycles. The van der Waals surface area contributed by atoms with Crippen LogP contribution in [0.15, 0.2) is 42.5 Å². The van der Waals surface area contributed by atoms with Gasteiger partial charge in [-0.3, -0.25) is 14.5 Å². The minimum Gasteiger partial charge on any atom is -0.282 e. The van der Waals surface area contributed by atoms with E-state index in [1.54, 1.807) is 4.90 Å². The Morgan fingerprint density at radius 2 is 1.50 bits per heavy atom. The number of hydrogen-bond donors (Lipinski definition) is 0. The second kappa shape index (κ2) is 4.31. The number of amides is 2. The molecular formula is C19H19NO2. The lowest BCUT2D eigenvalue weighted by molar-refractivity contribution is -0.140. The molecule has 1 aromatic rings. The van der Waals surface area contributed by atoms with Crippen molar-refractivity contribution in [3.63, 3.8) is 0 Å². The number of benzene rings is 1. The first-order valence-corrected chi connectivity index (χ1v) is 8.33. The van der Waals surface area contributed by atoms with Crippen molar-refractivity contribution in [3.05, 3.63) is 48.0 Å². The van der Waals surface area contributed by atoms with Crippen LogP contribution >= 0.6 is 0 Å². The van der Waals surface area contributed by atoms with Gasteiger partial charge in [0.25, 0.3) is 0 Å². The molecule has 3 fully saturated rings. The van der Waals surface area contributed by atoms with Gasteiger partial charge in [0.1, 0.15) is 0 Å². The summed E-state index contributed by atoms with van der Waals surface area (Å²) in [7, 11) is 0. The number of imide groups is 1. The van der Waals surface area contributed by atoms with E-state index in [2.05, 4.69) is 24.3 Å². The van der Waals surface area contributed by atoms with Crippen LogP contribution in [-0.4, -0.2) is 23.3 Å². The molecule has 1 saturated heterocycles. The number of hydrogen-bond acceptors (Lipinski definition) is 2. The maximum Gasteiger partial charge on any atom is 0.233 e. The highest BCUT2D eigenvalue weighted by Crippen LogP contribution is 2.65. The molecule has 3 nitrogen and oxygen atoms in total. The van der Waals surface area contributed by atoms with Gasteiger partial charge < -0.3 is 0 Å². The second-order valence-electron chi connectivity index (χ2n) is 7.22. The summed E-state index contributed by atoms with van der Waals surface area (Å²) in [6, 6.07) is 10.1. The fourth-order valence-electron chi connectivity index (χ4n) is 5.12. The molecule has 0 spiro atoms. The molecule has 6 rings (SSSR count). The van der Waals surface area contributed by atoms with Gasteiger partial charge in [-0.05, 0) is 42.1 Å². The first-order valence-electron chi connectivity index (χ1n) is 8.33. The van der Waals surface area contributed by atoms with Gasteiger partial charge >= 0.3 is 0 Å². The minimum absolute atomic E-state index is 0.0537. The van der Waals surface area contributed by atoms with Crippen molar-refractivity contribution >= 4 is 11.8 Å². The van der Waals surface area contributed by atoms with Crippen LogP contribution in [-0.2, 0) is 16.0 Å². The topological polar surface area (TPSA) is 37.4 Å². The monoisotopic (exact) mass is 293 g/mol. The highest BCUT2D eigenvalue weighted by atomic mass is 16.2. The van der Waals surface area contributed by atoms with E-state index in [4.69, 9.17) is 0 Å². The molecular weight excluding hydrogens is 274 g/mol. The number of nitrogens with zero attached hydrogens (tertiary/aromatic N) is 1. The van der Waals surface area contributed by atoms with E-state index in [9.17, 15) is 9.59 Å². The third kappa shape index (κ3) is 1.57. The Kier molecular flexibility index (Phi) is 2.47. The average Bonchev–Trinajstić information content (AvgIpc) is 3.33. The van der Waals surface area contributed by atoms with Crippen LogP contribution in [0.4, 0.5) is 0 Å². The zero-order valence-corrected chi connectivity index (χ0v) is 12.4. The van der Waals surface area contributed by atoms with Gasteiger partial charge in [0, 0.05) is 6.54 Å². The third-order valence-electron chi connectivity index (χ3n) is 6.22. The summed E-state index contributed by atoms with van der Waals surface area (Å²) in [4.78, 5) is 27.1. The van der Waals surface area contributed by atoms with Crippen LogP contribution in [0.5, 0.6) is 0 Å². The molecule has 1 aromatic carbocycles. The molecule has 3 heteroatoms. The van der Waals surface area contributed by atoms with Crippen LogP contribution in [0.25, 0.3) is 0 Å². The van der Waals surface area contributed by atoms with E-state index in [1.165, 1.54) is 12.0 Å². The van der Waals surface area contributed by atoms with Crippen molar-refractivity contribution in [1.82, 2.24) is 4.90 Å². The Morgan fingerprint density at radius 1 is 0.909 bits per heavy atom. The summed E-state index contributed by atoms with van der Waals surface area (Å²) in [5.41, 5.74) is 1.18. The number of likely N-dealkylation sites (tertiary alicyclic amines) is 1. The first-order chi connectivity index (χ1) is 10.8. The van der Waals surface area contributed by atoms with Crippen LogP contribution in [0.3, 0.4) is 0 Å². The quantitative estimate of drug-likeness (QED) is 0.633. The first kappa shape index (κ1) is 12.6. The average molecular weight is 293 g/mol. The lowest BCUT2D eigenvalue weighted by Crippen LogP contribution is -2.40. The Labute approximate surface area is 130 Å². The number of carbonyl (C=O) groups excluding carboxylic acids is 2. The summed E-state index contributed by atoms with van der Waals surface area (Å²) in [5, 5.41) is 0. The normalized spacial score (nSPS) is 40.8. The van der Waals surface area contributed by atoms with Gasteiger partial charge in [0.05, 0.1) is 11.8 Å². The highest BCUT2D eigenvalue weighted by Gasteiger charge is 2.66. The van der Waals surface area contributed by atoms with Gasteiger partial charge in [0.15, 0.2) is 0 Å². The van der Waals surface area contributed by atoms with Gasteiger partial charge in [-0.1, -0.05) is 42.5 Å². The molecule has 2 saturated carbocycles. The maximum atomic E-state index is 12.8. The molecule has 0 unspecified atom stereocenters. The van der Waals surface area contributed by atoms with Gasteiger partial charge in [-0.15, -0.1) is 0 Å². The molecule has 0 radical (unpaired) electrons. The van der Waals surface area contributed by atoms with E-state index in [0.717, 1.165) is 6.42 Å². The number of carbonyl (C=O) groups is 2. The van der Waals surface area contributed by atoms with Crippen LogP contribution in [0.1, 0.15) is 12.0 Å². The molecule has 2 amide bonds. The molecule has 6 atom stereocenters. The van der Waals surface area contributed by atoms with E-state index in [-0.39, 0.29) is 23.7 Å². The minimum atomic E-state index is -0.0537. The van der Waals surface area contributed by atoms with Crippen molar-refractivity contribution in [2.24, 2.45) is 35.5 Å². The smallest absolute Gasteiger partial charge is 0.233 e. The van der Waals surface area contributed by atoms with Crippen molar-refractivity contribution in [2.75, 3.05) is 6.54 Å². The van der Waals surface area contributed by atoms with Crippen molar-refractivity contribution < 1.29 is 9.59 Å².